The molecule has 0 spiro atoms. The van der Waals surface area contributed by atoms with Gasteiger partial charge in [-0.15, -0.1) is 17.8 Å². The van der Waals surface area contributed by atoms with Crippen LogP contribution in [0.4, 0.5) is 5.69 Å². The van der Waals surface area contributed by atoms with E-state index in [4.69, 9.17) is 11.1 Å². The predicted octanol–water partition coefficient (Wildman–Crippen LogP) is 3.16. The molecule has 0 aliphatic carbocycles. The largest absolute Gasteiger partial charge is 0.366 e. The van der Waals surface area contributed by atoms with E-state index >= 15 is 0 Å². The zero-order chi connectivity index (χ0) is 14.1. The van der Waals surface area contributed by atoms with Gasteiger partial charge in [0.2, 0.25) is 5.96 Å². The van der Waals surface area contributed by atoms with Crippen LogP contribution in [0.15, 0.2) is 54.6 Å². The number of rotatable bonds is 2. The van der Waals surface area contributed by atoms with Gasteiger partial charge in [0.05, 0.1) is 10.8 Å². The summed E-state index contributed by atoms with van der Waals surface area (Å²) >= 11 is 0. The molecule has 3 aromatic carbocycles. The fourth-order valence-electron chi connectivity index (χ4n) is 2.48. The van der Waals surface area contributed by atoms with Crippen LogP contribution >= 0.6 is 12.4 Å². The highest BCUT2D eigenvalue weighted by atomic mass is 35.5. The summed E-state index contributed by atoms with van der Waals surface area (Å²) in [4.78, 5) is 0. The molecule has 0 aliphatic rings. The van der Waals surface area contributed by atoms with Gasteiger partial charge in [-0.1, -0.05) is 41.1 Å². The highest BCUT2D eigenvalue weighted by molar-refractivity contribution is 6.08. The van der Waals surface area contributed by atoms with Crippen molar-refractivity contribution in [2.45, 2.75) is 0 Å². The number of halogens is 1. The first-order chi connectivity index (χ1) is 9.66. The lowest BCUT2D eigenvalue weighted by molar-refractivity contribution is -0.475. The zero-order valence-corrected chi connectivity index (χ0v) is 12.2. The highest BCUT2D eigenvalue weighted by Crippen LogP contribution is 2.33. The van der Waals surface area contributed by atoms with Crippen LogP contribution in [-0.4, -0.2) is 17.4 Å². The third kappa shape index (κ3) is 2.66. The summed E-state index contributed by atoms with van der Waals surface area (Å²) in [5.41, 5.74) is 9.05. The number of nitrogens with one attached hydrogen (secondary N) is 2. The summed E-state index contributed by atoms with van der Waals surface area (Å²) in [6, 6.07) is 18.3. The number of fused-ring (bicyclic) bond motifs is 2. The van der Waals surface area contributed by atoms with E-state index in [9.17, 15) is 0 Å². The van der Waals surface area contributed by atoms with Crippen LogP contribution < -0.4 is 11.2 Å². The van der Waals surface area contributed by atoms with Gasteiger partial charge in [0.15, 0.2) is 6.72 Å². The lowest BCUT2D eigenvalue weighted by Gasteiger charge is -2.08. The van der Waals surface area contributed by atoms with Gasteiger partial charge in [-0.05, 0) is 29.0 Å². The van der Waals surface area contributed by atoms with E-state index in [1.54, 1.807) is 4.68 Å². The van der Waals surface area contributed by atoms with E-state index < -0.39 is 0 Å². The Hall–Kier alpha value is -2.59. The van der Waals surface area contributed by atoms with Gasteiger partial charge in [0.25, 0.3) is 5.69 Å². The summed E-state index contributed by atoms with van der Waals surface area (Å²) < 4.78 is 1.55. The van der Waals surface area contributed by atoms with Gasteiger partial charge in [-0.25, -0.2) is 0 Å². The average molecular weight is 300 g/mol. The summed E-state index contributed by atoms with van der Waals surface area (Å²) in [5.74, 6) is -0.142. The molecule has 106 valence electrons. The summed E-state index contributed by atoms with van der Waals surface area (Å²) in [5, 5.41) is 11.8. The second kappa shape index (κ2) is 5.81. The Balaban J connectivity index is 0.00000161. The third-order valence-corrected chi connectivity index (χ3v) is 3.27. The molecule has 0 aliphatic heterocycles. The van der Waals surface area contributed by atoms with Crippen molar-refractivity contribution in [3.63, 3.8) is 0 Å². The van der Waals surface area contributed by atoms with E-state index in [1.165, 1.54) is 0 Å². The lowest BCUT2D eigenvalue weighted by atomic mass is 10.0. The first-order valence-electron chi connectivity index (χ1n) is 6.28. The van der Waals surface area contributed by atoms with Crippen molar-refractivity contribution in [2.24, 2.45) is 5.73 Å². The molecule has 0 saturated heterocycles. The Kier molecular flexibility index (Phi) is 4.10. The SMILES string of the molecule is C=[N+](NC(=N)N)c1c2ccccc2cc2ccccc12.Cl. The van der Waals surface area contributed by atoms with Crippen LogP contribution in [0.25, 0.3) is 21.5 Å². The molecule has 0 atom stereocenters. The van der Waals surface area contributed by atoms with Gasteiger partial charge in [-0.3, -0.25) is 5.41 Å². The fraction of sp³-hybridized carbons (Fsp3) is 0. The van der Waals surface area contributed by atoms with Crippen LogP contribution in [-0.2, 0) is 0 Å². The molecule has 4 N–H and O–H groups in total. The number of hydrazine groups is 1. The van der Waals surface area contributed by atoms with Gasteiger partial charge in [0.1, 0.15) is 0 Å². The molecule has 4 nitrogen and oxygen atoms in total. The van der Waals surface area contributed by atoms with Crippen molar-refractivity contribution < 1.29 is 4.68 Å². The minimum Gasteiger partial charge on any atom is -0.366 e. The van der Waals surface area contributed by atoms with Crippen molar-refractivity contribution in [2.75, 3.05) is 0 Å². The number of hydrazone groups is 1. The normalized spacial score (nSPS) is 10.1. The van der Waals surface area contributed by atoms with Gasteiger partial charge in [-0.2, -0.15) is 0 Å². The minimum absolute atomic E-state index is 0. The van der Waals surface area contributed by atoms with Gasteiger partial charge in [0, 0.05) is 0 Å². The predicted molar refractivity (Wildman–Crippen MR) is 90.8 cm³/mol. The topological polar surface area (TPSA) is 64.9 Å². The number of hydrogen-bond acceptors (Lipinski definition) is 1. The Labute approximate surface area is 128 Å². The van der Waals surface area contributed by atoms with Crippen molar-refractivity contribution >= 4 is 52.3 Å². The average Bonchev–Trinajstić information content (AvgIpc) is 2.43. The molecule has 3 aromatic rings. The number of guanidine groups is 1. The lowest BCUT2D eigenvalue weighted by Crippen LogP contribution is -2.36. The van der Waals surface area contributed by atoms with E-state index in [-0.39, 0.29) is 18.4 Å². The Morgan fingerprint density at radius 2 is 1.48 bits per heavy atom. The second-order valence-corrected chi connectivity index (χ2v) is 4.62. The molecular formula is C16H16ClN4+. The molecule has 21 heavy (non-hydrogen) atoms. The summed E-state index contributed by atoms with van der Waals surface area (Å²) in [6.07, 6.45) is 0. The van der Waals surface area contributed by atoms with Crippen LogP contribution in [0.3, 0.4) is 0 Å². The maximum Gasteiger partial charge on any atom is 0.250 e. The minimum atomic E-state index is -0.142. The van der Waals surface area contributed by atoms with Gasteiger partial charge >= 0.3 is 0 Å². The van der Waals surface area contributed by atoms with Crippen molar-refractivity contribution in [1.29, 1.82) is 5.41 Å². The number of nitrogens with two attached hydrogens (primary N) is 1. The molecule has 3 rings (SSSR count). The van der Waals surface area contributed by atoms with Crippen LogP contribution in [0.1, 0.15) is 0 Å². The smallest absolute Gasteiger partial charge is 0.250 e. The molecule has 0 heterocycles. The van der Waals surface area contributed by atoms with Crippen LogP contribution in [0.2, 0.25) is 0 Å². The molecule has 0 radical (unpaired) electrons. The van der Waals surface area contributed by atoms with Gasteiger partial charge < -0.3 is 5.73 Å². The molecule has 5 heteroatoms. The monoisotopic (exact) mass is 299 g/mol. The maximum absolute atomic E-state index is 7.38. The molecular weight excluding hydrogens is 284 g/mol. The third-order valence-electron chi connectivity index (χ3n) is 3.27. The molecule has 0 amide bonds. The van der Waals surface area contributed by atoms with E-state index in [0.29, 0.717) is 0 Å². The maximum atomic E-state index is 7.38. The van der Waals surface area contributed by atoms with Crippen LogP contribution in [0, 0.1) is 5.41 Å². The zero-order valence-electron chi connectivity index (χ0n) is 11.3. The van der Waals surface area contributed by atoms with Crippen LogP contribution in [0.5, 0.6) is 0 Å². The van der Waals surface area contributed by atoms with Crippen molar-refractivity contribution in [1.82, 2.24) is 5.43 Å². The highest BCUT2D eigenvalue weighted by Gasteiger charge is 2.17. The van der Waals surface area contributed by atoms with E-state index in [0.717, 1.165) is 27.2 Å². The molecule has 0 fully saturated rings. The second-order valence-electron chi connectivity index (χ2n) is 4.62. The Morgan fingerprint density at radius 3 is 1.95 bits per heavy atom. The first kappa shape index (κ1) is 14.8. The number of nitrogens with zero attached hydrogens (tertiary/aromatic N) is 1. The van der Waals surface area contributed by atoms with Crippen molar-refractivity contribution in [3.8, 4) is 0 Å². The summed E-state index contributed by atoms with van der Waals surface area (Å²) in [6.45, 7) is 3.95. The van der Waals surface area contributed by atoms with E-state index in [1.807, 2.05) is 36.4 Å². The first-order valence-corrected chi connectivity index (χ1v) is 6.28. The number of hydrogen-bond donors (Lipinski definition) is 3. The fourth-order valence-corrected chi connectivity index (χ4v) is 2.48. The molecule has 0 aromatic heterocycles. The van der Waals surface area contributed by atoms with Crippen molar-refractivity contribution in [3.05, 3.63) is 54.6 Å². The molecule has 0 unspecified atom stereocenters. The quantitative estimate of drug-likeness (QED) is 0.224. The standard InChI is InChI=1S/C16H15N4.ClH/c1-20(19-16(17)18)15-13-8-4-2-6-11(13)10-12-7-3-5-9-14(12)15;/h2-10H,1H2,(H4,17,18,19);1H/q+1;. The molecule has 0 saturated carbocycles. The Bertz CT molecular complexity index is 788. The van der Waals surface area contributed by atoms with E-state index in [2.05, 4.69) is 30.3 Å². The molecule has 0 bridgehead atoms. The number of benzene rings is 3. The summed E-state index contributed by atoms with van der Waals surface area (Å²) in [7, 11) is 0. The Morgan fingerprint density at radius 1 is 1.00 bits per heavy atom.